The Balaban J connectivity index is 2.00. The molecular formula is C14H15N5. The molecule has 2 rings (SSSR count). The molecule has 0 bridgehead atoms. The predicted molar refractivity (Wildman–Crippen MR) is 71.0 cm³/mol. The van der Waals surface area contributed by atoms with E-state index in [0.29, 0.717) is 12.1 Å². The summed E-state index contributed by atoms with van der Waals surface area (Å²) in [6.07, 6.45) is 3.45. The fourth-order valence-corrected chi connectivity index (χ4v) is 1.71. The Bertz CT molecular complexity index is 589. The third-order valence-corrected chi connectivity index (χ3v) is 2.83. The number of nitrogens with zero attached hydrogens (tertiary/aromatic N) is 4. The first-order valence-corrected chi connectivity index (χ1v) is 6.07. The second-order valence-electron chi connectivity index (χ2n) is 4.26. The first-order valence-electron chi connectivity index (χ1n) is 6.07. The van der Waals surface area contributed by atoms with Crippen LogP contribution >= 0.6 is 0 Å². The summed E-state index contributed by atoms with van der Waals surface area (Å²) in [5, 5.41) is 12.2. The van der Waals surface area contributed by atoms with E-state index in [-0.39, 0.29) is 6.04 Å². The molecule has 0 aliphatic carbocycles. The van der Waals surface area contributed by atoms with E-state index in [4.69, 9.17) is 5.26 Å². The van der Waals surface area contributed by atoms with Crippen LogP contribution in [-0.2, 0) is 6.54 Å². The zero-order valence-electron chi connectivity index (χ0n) is 11.0. The smallest absolute Gasteiger partial charge is 0.144 e. The molecule has 1 unspecified atom stereocenters. The molecule has 2 aromatic rings. The number of hydrogen-bond donors (Lipinski definition) is 1. The molecule has 1 atom stereocenters. The molecule has 0 saturated heterocycles. The zero-order valence-corrected chi connectivity index (χ0v) is 11.0. The molecule has 0 amide bonds. The van der Waals surface area contributed by atoms with Gasteiger partial charge in [-0.05, 0) is 32.0 Å². The molecule has 0 aliphatic heterocycles. The van der Waals surface area contributed by atoms with Crippen LogP contribution < -0.4 is 5.32 Å². The average Bonchev–Trinajstić information content (AvgIpc) is 2.46. The Hall–Kier alpha value is -2.32. The normalized spacial score (nSPS) is 11.8. The van der Waals surface area contributed by atoms with E-state index >= 15 is 0 Å². The van der Waals surface area contributed by atoms with Crippen molar-refractivity contribution >= 4 is 0 Å². The highest BCUT2D eigenvalue weighted by Crippen LogP contribution is 2.08. The lowest BCUT2D eigenvalue weighted by Gasteiger charge is -2.12. The van der Waals surface area contributed by atoms with Gasteiger partial charge in [0.15, 0.2) is 0 Å². The van der Waals surface area contributed by atoms with E-state index in [1.54, 1.807) is 24.5 Å². The predicted octanol–water partition coefficient (Wildman–Crippen LogP) is 1.90. The lowest BCUT2D eigenvalue weighted by Crippen LogP contribution is -2.20. The highest BCUT2D eigenvalue weighted by atomic mass is 15.0. The first-order chi connectivity index (χ1) is 9.20. The summed E-state index contributed by atoms with van der Waals surface area (Å²) in [6, 6.07) is 7.61. The topological polar surface area (TPSA) is 74.5 Å². The molecule has 1 N–H and O–H groups in total. The SMILES string of the molecule is Cc1nc(CNC(C)c2ncccn2)ccc1C#N. The second kappa shape index (κ2) is 6.03. The molecule has 0 spiro atoms. The standard InChI is InChI=1S/C14H15N5/c1-10-12(8-15)4-5-13(19-10)9-18-11(2)14-16-6-3-7-17-14/h3-7,11,18H,9H2,1-2H3. The lowest BCUT2D eigenvalue weighted by atomic mass is 10.2. The molecule has 96 valence electrons. The monoisotopic (exact) mass is 253 g/mol. The average molecular weight is 253 g/mol. The minimum Gasteiger partial charge on any atom is -0.302 e. The van der Waals surface area contributed by atoms with Gasteiger partial charge in [-0.25, -0.2) is 9.97 Å². The van der Waals surface area contributed by atoms with Crippen molar-refractivity contribution in [3.8, 4) is 6.07 Å². The number of nitrogens with one attached hydrogen (secondary N) is 1. The molecule has 0 radical (unpaired) electrons. The molecular weight excluding hydrogens is 238 g/mol. The Morgan fingerprint density at radius 3 is 2.68 bits per heavy atom. The summed E-state index contributed by atoms with van der Waals surface area (Å²) >= 11 is 0. The van der Waals surface area contributed by atoms with Gasteiger partial charge in [0.05, 0.1) is 23.0 Å². The van der Waals surface area contributed by atoms with Crippen LogP contribution in [0.2, 0.25) is 0 Å². The van der Waals surface area contributed by atoms with Crippen molar-refractivity contribution < 1.29 is 0 Å². The summed E-state index contributed by atoms with van der Waals surface area (Å²) in [6.45, 7) is 4.46. The van der Waals surface area contributed by atoms with Crippen molar-refractivity contribution in [1.29, 1.82) is 5.26 Å². The Kier molecular flexibility index (Phi) is 4.16. The van der Waals surface area contributed by atoms with E-state index in [1.807, 2.05) is 19.9 Å². The number of nitriles is 1. The molecule has 0 aliphatic rings. The summed E-state index contributed by atoms with van der Waals surface area (Å²) in [5.74, 6) is 0.757. The van der Waals surface area contributed by atoms with Crippen LogP contribution in [0.4, 0.5) is 0 Å². The number of pyridine rings is 1. The largest absolute Gasteiger partial charge is 0.302 e. The molecule has 0 fully saturated rings. The first kappa shape index (κ1) is 13.1. The third-order valence-electron chi connectivity index (χ3n) is 2.83. The number of hydrogen-bond acceptors (Lipinski definition) is 5. The second-order valence-corrected chi connectivity index (χ2v) is 4.26. The van der Waals surface area contributed by atoms with Crippen LogP contribution in [-0.4, -0.2) is 15.0 Å². The van der Waals surface area contributed by atoms with E-state index in [1.165, 1.54) is 0 Å². The van der Waals surface area contributed by atoms with Gasteiger partial charge in [0.1, 0.15) is 11.9 Å². The zero-order chi connectivity index (χ0) is 13.7. The summed E-state index contributed by atoms with van der Waals surface area (Å²) < 4.78 is 0. The maximum absolute atomic E-state index is 8.85. The number of aryl methyl sites for hydroxylation is 1. The van der Waals surface area contributed by atoms with Crippen molar-refractivity contribution in [1.82, 2.24) is 20.3 Å². The maximum atomic E-state index is 8.85. The van der Waals surface area contributed by atoms with Gasteiger partial charge in [-0.2, -0.15) is 5.26 Å². The van der Waals surface area contributed by atoms with Gasteiger partial charge in [0, 0.05) is 18.9 Å². The fourth-order valence-electron chi connectivity index (χ4n) is 1.71. The van der Waals surface area contributed by atoms with Crippen molar-refractivity contribution in [2.24, 2.45) is 0 Å². The molecule has 2 aromatic heterocycles. The summed E-state index contributed by atoms with van der Waals surface area (Å²) in [5.41, 5.74) is 2.27. The van der Waals surface area contributed by atoms with Crippen molar-refractivity contribution in [3.05, 3.63) is 53.4 Å². The van der Waals surface area contributed by atoms with Crippen LogP contribution in [0, 0.1) is 18.3 Å². The Labute approximate surface area is 112 Å². The maximum Gasteiger partial charge on any atom is 0.144 e. The van der Waals surface area contributed by atoms with E-state index in [2.05, 4.69) is 26.3 Å². The minimum atomic E-state index is 0.0546. The van der Waals surface area contributed by atoms with Crippen LogP contribution in [0.15, 0.2) is 30.6 Å². The van der Waals surface area contributed by atoms with Gasteiger partial charge in [0.25, 0.3) is 0 Å². The molecule has 0 saturated carbocycles. The van der Waals surface area contributed by atoms with Gasteiger partial charge in [-0.15, -0.1) is 0 Å². The quantitative estimate of drug-likeness (QED) is 0.900. The molecule has 19 heavy (non-hydrogen) atoms. The van der Waals surface area contributed by atoms with E-state index in [0.717, 1.165) is 17.2 Å². The van der Waals surface area contributed by atoms with E-state index in [9.17, 15) is 0 Å². The van der Waals surface area contributed by atoms with Gasteiger partial charge < -0.3 is 5.32 Å². The molecule has 0 aromatic carbocycles. The summed E-state index contributed by atoms with van der Waals surface area (Å²) in [4.78, 5) is 12.8. The highest BCUT2D eigenvalue weighted by molar-refractivity contribution is 5.33. The van der Waals surface area contributed by atoms with Gasteiger partial charge in [0.2, 0.25) is 0 Å². The number of rotatable bonds is 4. The third kappa shape index (κ3) is 3.33. The van der Waals surface area contributed by atoms with Crippen LogP contribution in [0.3, 0.4) is 0 Å². The van der Waals surface area contributed by atoms with Crippen molar-refractivity contribution in [2.45, 2.75) is 26.4 Å². The minimum absolute atomic E-state index is 0.0546. The highest BCUT2D eigenvalue weighted by Gasteiger charge is 2.08. The van der Waals surface area contributed by atoms with Crippen LogP contribution in [0.5, 0.6) is 0 Å². The van der Waals surface area contributed by atoms with Gasteiger partial charge in [-0.1, -0.05) is 0 Å². The molecule has 5 nitrogen and oxygen atoms in total. The molecule has 2 heterocycles. The summed E-state index contributed by atoms with van der Waals surface area (Å²) in [7, 11) is 0. The van der Waals surface area contributed by atoms with Crippen molar-refractivity contribution in [2.75, 3.05) is 0 Å². The molecule has 5 heteroatoms. The van der Waals surface area contributed by atoms with Crippen molar-refractivity contribution in [3.63, 3.8) is 0 Å². The fraction of sp³-hybridized carbons (Fsp3) is 0.286. The van der Waals surface area contributed by atoms with Crippen LogP contribution in [0.25, 0.3) is 0 Å². The Morgan fingerprint density at radius 1 is 1.32 bits per heavy atom. The van der Waals surface area contributed by atoms with E-state index < -0.39 is 0 Å². The van der Waals surface area contributed by atoms with Crippen LogP contribution in [0.1, 0.15) is 35.7 Å². The lowest BCUT2D eigenvalue weighted by molar-refractivity contribution is 0.540. The number of aromatic nitrogens is 3. The van der Waals surface area contributed by atoms with Gasteiger partial charge in [-0.3, -0.25) is 4.98 Å². The Morgan fingerprint density at radius 2 is 2.05 bits per heavy atom. The van der Waals surface area contributed by atoms with Gasteiger partial charge >= 0.3 is 0 Å².